The summed E-state index contributed by atoms with van der Waals surface area (Å²) in [5.74, 6) is 0.0365. The molecule has 0 bridgehead atoms. The number of ether oxygens (including phenoxy) is 2. The standard InChI is InChI=1S/C23H20N2O5/c1-23(16-8-4-2-5-9-16,17-10-6-3-7-11-17)14-24-22(26)18-12-20-21(30-15-29-20)13-19(18)25(27)28/h2-13H,14-15H2,1H3,(H,24,26). The van der Waals surface area contributed by atoms with Crippen LogP contribution in [0.3, 0.4) is 0 Å². The van der Waals surface area contributed by atoms with Crippen molar-refractivity contribution in [2.24, 2.45) is 0 Å². The summed E-state index contributed by atoms with van der Waals surface area (Å²) < 4.78 is 10.5. The van der Waals surface area contributed by atoms with Gasteiger partial charge < -0.3 is 14.8 Å². The van der Waals surface area contributed by atoms with Crippen LogP contribution in [0, 0.1) is 10.1 Å². The molecule has 0 aliphatic carbocycles. The lowest BCUT2D eigenvalue weighted by molar-refractivity contribution is -0.385. The number of carbonyl (C=O) groups is 1. The lowest BCUT2D eigenvalue weighted by Gasteiger charge is -2.31. The van der Waals surface area contributed by atoms with E-state index in [0.717, 1.165) is 11.1 Å². The monoisotopic (exact) mass is 404 g/mol. The summed E-state index contributed by atoms with van der Waals surface area (Å²) in [6.45, 7) is 2.26. The molecule has 152 valence electrons. The third kappa shape index (κ3) is 3.57. The number of hydrogen-bond donors (Lipinski definition) is 1. The van der Waals surface area contributed by atoms with Crippen LogP contribution in [-0.2, 0) is 5.41 Å². The first kappa shape index (κ1) is 19.4. The number of fused-ring (bicyclic) bond motifs is 1. The van der Waals surface area contributed by atoms with Crippen LogP contribution in [0.15, 0.2) is 72.8 Å². The van der Waals surface area contributed by atoms with Crippen LogP contribution in [0.5, 0.6) is 11.5 Å². The first-order valence-electron chi connectivity index (χ1n) is 9.46. The van der Waals surface area contributed by atoms with E-state index in [0.29, 0.717) is 5.75 Å². The lowest BCUT2D eigenvalue weighted by Crippen LogP contribution is -2.39. The van der Waals surface area contributed by atoms with Crippen molar-refractivity contribution in [3.8, 4) is 11.5 Å². The number of rotatable bonds is 6. The van der Waals surface area contributed by atoms with Crippen LogP contribution in [0.2, 0.25) is 0 Å². The molecule has 30 heavy (non-hydrogen) atoms. The molecule has 0 unspecified atom stereocenters. The maximum absolute atomic E-state index is 13.0. The van der Waals surface area contributed by atoms with Crippen LogP contribution in [0.1, 0.15) is 28.4 Å². The predicted molar refractivity (Wildman–Crippen MR) is 111 cm³/mol. The van der Waals surface area contributed by atoms with E-state index in [1.807, 2.05) is 67.6 Å². The largest absolute Gasteiger partial charge is 0.454 e. The van der Waals surface area contributed by atoms with Crippen LogP contribution in [-0.4, -0.2) is 24.2 Å². The number of carbonyl (C=O) groups excluding carboxylic acids is 1. The first-order valence-corrected chi connectivity index (χ1v) is 9.46. The predicted octanol–water partition coefficient (Wildman–Crippen LogP) is 4.06. The van der Waals surface area contributed by atoms with Gasteiger partial charge in [-0.05, 0) is 18.1 Å². The van der Waals surface area contributed by atoms with Gasteiger partial charge in [0.15, 0.2) is 11.5 Å². The highest BCUT2D eigenvalue weighted by Crippen LogP contribution is 2.38. The third-order valence-electron chi connectivity index (χ3n) is 5.36. The van der Waals surface area contributed by atoms with Gasteiger partial charge in [-0.3, -0.25) is 14.9 Å². The van der Waals surface area contributed by atoms with Gasteiger partial charge in [0.2, 0.25) is 6.79 Å². The van der Waals surface area contributed by atoms with Crippen molar-refractivity contribution in [2.45, 2.75) is 12.3 Å². The number of benzene rings is 3. The molecule has 4 rings (SSSR count). The van der Waals surface area contributed by atoms with Crippen LogP contribution in [0.25, 0.3) is 0 Å². The van der Waals surface area contributed by atoms with Crippen molar-refractivity contribution in [1.29, 1.82) is 0 Å². The molecule has 1 heterocycles. The molecule has 0 saturated heterocycles. The highest BCUT2D eigenvalue weighted by Gasteiger charge is 2.32. The molecule has 7 nitrogen and oxygen atoms in total. The Morgan fingerprint density at radius 2 is 1.53 bits per heavy atom. The highest BCUT2D eigenvalue weighted by molar-refractivity contribution is 5.99. The van der Waals surface area contributed by atoms with E-state index in [4.69, 9.17) is 9.47 Å². The molecule has 0 saturated carbocycles. The Balaban J connectivity index is 1.65. The number of amides is 1. The van der Waals surface area contributed by atoms with Crippen molar-refractivity contribution in [2.75, 3.05) is 13.3 Å². The van der Waals surface area contributed by atoms with Gasteiger partial charge in [-0.15, -0.1) is 0 Å². The van der Waals surface area contributed by atoms with Gasteiger partial charge in [-0.1, -0.05) is 60.7 Å². The van der Waals surface area contributed by atoms with E-state index >= 15 is 0 Å². The van der Waals surface area contributed by atoms with Gasteiger partial charge >= 0.3 is 0 Å². The number of nitrogens with one attached hydrogen (secondary N) is 1. The van der Waals surface area contributed by atoms with Crippen molar-refractivity contribution in [3.05, 3.63) is 99.6 Å². The molecule has 1 amide bonds. The summed E-state index contributed by atoms with van der Waals surface area (Å²) in [6, 6.07) is 22.2. The number of nitro benzene ring substituents is 1. The number of nitrogens with zero attached hydrogens (tertiary/aromatic N) is 1. The normalized spacial score (nSPS) is 12.4. The Labute approximate surface area is 173 Å². The smallest absolute Gasteiger partial charge is 0.286 e. The van der Waals surface area contributed by atoms with E-state index in [2.05, 4.69) is 5.32 Å². The van der Waals surface area contributed by atoms with Crippen molar-refractivity contribution in [3.63, 3.8) is 0 Å². The molecule has 7 heteroatoms. The molecule has 0 atom stereocenters. The number of hydrogen-bond acceptors (Lipinski definition) is 5. The Bertz CT molecular complexity index is 1040. The fraction of sp³-hybridized carbons (Fsp3) is 0.174. The fourth-order valence-corrected chi connectivity index (χ4v) is 3.60. The third-order valence-corrected chi connectivity index (χ3v) is 5.36. The molecule has 3 aromatic rings. The molecule has 0 fully saturated rings. The van der Waals surface area contributed by atoms with E-state index in [-0.39, 0.29) is 30.3 Å². The van der Waals surface area contributed by atoms with E-state index in [9.17, 15) is 14.9 Å². The zero-order valence-electron chi connectivity index (χ0n) is 16.3. The SMILES string of the molecule is CC(CNC(=O)c1cc2c(cc1[N+](=O)[O-])OCO2)(c1ccccc1)c1ccccc1. The molecular formula is C23H20N2O5. The van der Waals surface area contributed by atoms with Gasteiger partial charge in [-0.2, -0.15) is 0 Å². The summed E-state index contributed by atoms with van der Waals surface area (Å²) in [6.07, 6.45) is 0. The number of nitro groups is 1. The summed E-state index contributed by atoms with van der Waals surface area (Å²) in [5.41, 5.74) is 1.14. The van der Waals surface area contributed by atoms with Gasteiger partial charge in [0.05, 0.1) is 11.0 Å². The van der Waals surface area contributed by atoms with Crippen molar-refractivity contribution >= 4 is 11.6 Å². The average Bonchev–Trinajstić information content (AvgIpc) is 3.25. The van der Waals surface area contributed by atoms with E-state index < -0.39 is 16.2 Å². The Hall–Kier alpha value is -3.87. The maximum Gasteiger partial charge on any atom is 0.286 e. The van der Waals surface area contributed by atoms with Crippen molar-refractivity contribution in [1.82, 2.24) is 5.32 Å². The molecule has 0 radical (unpaired) electrons. The minimum Gasteiger partial charge on any atom is -0.454 e. The maximum atomic E-state index is 13.0. The lowest BCUT2D eigenvalue weighted by atomic mass is 9.76. The molecule has 0 spiro atoms. The van der Waals surface area contributed by atoms with Gasteiger partial charge in [-0.25, -0.2) is 0 Å². The van der Waals surface area contributed by atoms with Gasteiger partial charge in [0.1, 0.15) is 5.56 Å². The Kier molecular flexibility index (Phi) is 5.10. The minimum atomic E-state index is -0.593. The zero-order valence-corrected chi connectivity index (χ0v) is 16.3. The van der Waals surface area contributed by atoms with Crippen LogP contribution in [0.4, 0.5) is 5.69 Å². The molecule has 3 aromatic carbocycles. The van der Waals surface area contributed by atoms with Crippen LogP contribution >= 0.6 is 0 Å². The Morgan fingerprint density at radius 3 is 2.07 bits per heavy atom. The molecule has 1 aliphatic heterocycles. The van der Waals surface area contributed by atoms with Gasteiger partial charge in [0.25, 0.3) is 11.6 Å². The highest BCUT2D eigenvalue weighted by atomic mass is 16.7. The van der Waals surface area contributed by atoms with Crippen molar-refractivity contribution < 1.29 is 19.2 Å². The van der Waals surface area contributed by atoms with E-state index in [1.54, 1.807) is 0 Å². The average molecular weight is 404 g/mol. The van der Waals surface area contributed by atoms with Crippen LogP contribution < -0.4 is 14.8 Å². The summed E-state index contributed by atoms with van der Waals surface area (Å²) >= 11 is 0. The van der Waals surface area contributed by atoms with E-state index in [1.165, 1.54) is 12.1 Å². The first-order chi connectivity index (χ1) is 14.5. The summed E-state index contributed by atoms with van der Waals surface area (Å²) in [5, 5.41) is 14.4. The molecule has 0 aromatic heterocycles. The van der Waals surface area contributed by atoms with Gasteiger partial charge in [0, 0.05) is 18.0 Å². The summed E-state index contributed by atoms with van der Waals surface area (Å²) in [4.78, 5) is 23.9. The Morgan fingerprint density at radius 1 is 1.00 bits per heavy atom. The summed E-state index contributed by atoms with van der Waals surface area (Å²) in [7, 11) is 0. The second kappa shape index (κ2) is 7.87. The topological polar surface area (TPSA) is 90.7 Å². The fourth-order valence-electron chi connectivity index (χ4n) is 3.60. The quantitative estimate of drug-likeness (QED) is 0.494. The minimum absolute atomic E-state index is 0.0301. The molecular weight excluding hydrogens is 384 g/mol. The zero-order chi connectivity index (χ0) is 21.1. The second-order valence-corrected chi connectivity index (χ2v) is 7.23. The second-order valence-electron chi connectivity index (χ2n) is 7.23. The molecule has 1 aliphatic rings. The molecule has 1 N–H and O–H groups in total.